The summed E-state index contributed by atoms with van der Waals surface area (Å²) in [6, 6.07) is 0.773. The van der Waals surface area contributed by atoms with Crippen LogP contribution in [0.25, 0.3) is 0 Å². The van der Waals surface area contributed by atoms with E-state index in [1.54, 1.807) is 0 Å². The van der Waals surface area contributed by atoms with Gasteiger partial charge in [-0.15, -0.1) is 0 Å². The Morgan fingerprint density at radius 1 is 1.12 bits per heavy atom. The number of nitrogens with one attached hydrogen (secondary N) is 1. The largest absolute Gasteiger partial charge is 0.317 e. The van der Waals surface area contributed by atoms with Crippen LogP contribution in [0.2, 0.25) is 0 Å². The van der Waals surface area contributed by atoms with Crippen molar-refractivity contribution in [3.05, 3.63) is 0 Å². The molecule has 17 heavy (non-hydrogen) atoms. The highest BCUT2D eigenvalue weighted by Gasteiger charge is 2.26. The molecule has 2 atom stereocenters. The minimum absolute atomic E-state index is 0.773. The van der Waals surface area contributed by atoms with Gasteiger partial charge in [-0.05, 0) is 44.1 Å². The molecule has 1 aliphatic carbocycles. The summed E-state index contributed by atoms with van der Waals surface area (Å²) in [5.41, 5.74) is 0. The smallest absolute Gasteiger partial charge is 0.00948 e. The first kappa shape index (κ1) is 15.0. The van der Waals surface area contributed by atoms with Crippen molar-refractivity contribution >= 4 is 0 Å². The van der Waals surface area contributed by atoms with Crippen LogP contribution >= 0.6 is 0 Å². The van der Waals surface area contributed by atoms with E-state index in [0.29, 0.717) is 0 Å². The van der Waals surface area contributed by atoms with E-state index in [1.807, 2.05) is 0 Å². The van der Waals surface area contributed by atoms with Gasteiger partial charge in [-0.1, -0.05) is 52.9 Å². The van der Waals surface area contributed by atoms with Crippen molar-refractivity contribution in [1.29, 1.82) is 0 Å². The fourth-order valence-corrected chi connectivity index (χ4v) is 3.59. The van der Waals surface area contributed by atoms with E-state index >= 15 is 0 Å². The lowest BCUT2D eigenvalue weighted by molar-refractivity contribution is 0.202. The molecule has 1 N–H and O–H groups in total. The second-order valence-electron chi connectivity index (χ2n) is 6.21. The second kappa shape index (κ2) is 8.13. The fourth-order valence-electron chi connectivity index (χ4n) is 3.59. The Kier molecular flexibility index (Phi) is 7.18. The average molecular weight is 239 g/mol. The molecule has 102 valence electrons. The molecule has 1 saturated carbocycles. The van der Waals surface area contributed by atoms with Crippen molar-refractivity contribution in [2.24, 2.45) is 17.8 Å². The molecule has 0 aliphatic heterocycles. The topological polar surface area (TPSA) is 12.0 Å². The number of hydrogen-bond donors (Lipinski definition) is 1. The molecule has 0 heterocycles. The van der Waals surface area contributed by atoms with Crippen LogP contribution in [0.5, 0.6) is 0 Å². The van der Waals surface area contributed by atoms with Crippen LogP contribution in [0.3, 0.4) is 0 Å². The summed E-state index contributed by atoms with van der Waals surface area (Å²) in [6.07, 6.45) is 11.4. The van der Waals surface area contributed by atoms with Gasteiger partial charge in [-0.3, -0.25) is 0 Å². The first-order valence-corrected chi connectivity index (χ1v) is 7.88. The minimum Gasteiger partial charge on any atom is -0.317 e. The Morgan fingerprint density at radius 3 is 2.24 bits per heavy atom. The normalized spacial score (nSPS) is 28.9. The van der Waals surface area contributed by atoms with Crippen LogP contribution < -0.4 is 5.32 Å². The zero-order valence-corrected chi connectivity index (χ0v) is 12.5. The zero-order chi connectivity index (χ0) is 12.7. The summed E-state index contributed by atoms with van der Waals surface area (Å²) >= 11 is 0. The van der Waals surface area contributed by atoms with E-state index in [4.69, 9.17) is 0 Å². The molecular formula is C16H33N. The van der Waals surface area contributed by atoms with Gasteiger partial charge in [0.05, 0.1) is 0 Å². The van der Waals surface area contributed by atoms with Crippen molar-refractivity contribution in [1.82, 2.24) is 5.32 Å². The van der Waals surface area contributed by atoms with E-state index in [9.17, 15) is 0 Å². The molecule has 0 aromatic rings. The van der Waals surface area contributed by atoms with Crippen molar-refractivity contribution < 1.29 is 0 Å². The van der Waals surface area contributed by atoms with Gasteiger partial charge >= 0.3 is 0 Å². The first-order valence-electron chi connectivity index (χ1n) is 7.88. The van der Waals surface area contributed by atoms with Crippen molar-refractivity contribution in [3.63, 3.8) is 0 Å². The van der Waals surface area contributed by atoms with Crippen LogP contribution in [-0.4, -0.2) is 13.1 Å². The highest BCUT2D eigenvalue weighted by atomic mass is 14.9. The Bertz CT molecular complexity index is 182. The molecule has 0 bridgehead atoms. The molecule has 1 rings (SSSR count). The van der Waals surface area contributed by atoms with Crippen LogP contribution in [-0.2, 0) is 0 Å². The van der Waals surface area contributed by atoms with Gasteiger partial charge in [-0.2, -0.15) is 0 Å². The van der Waals surface area contributed by atoms with E-state index in [-0.39, 0.29) is 0 Å². The second-order valence-corrected chi connectivity index (χ2v) is 6.21. The number of hydrogen-bond acceptors (Lipinski definition) is 1. The molecule has 0 spiro atoms. The molecule has 0 amide bonds. The van der Waals surface area contributed by atoms with Crippen LogP contribution in [0, 0.1) is 17.8 Å². The third-order valence-corrected chi connectivity index (χ3v) is 4.85. The maximum absolute atomic E-state index is 3.59. The minimum atomic E-state index is 0.773. The Hall–Kier alpha value is -0.0400. The summed E-state index contributed by atoms with van der Waals surface area (Å²) in [4.78, 5) is 0. The predicted octanol–water partition coefficient (Wildman–Crippen LogP) is 4.62. The maximum atomic E-state index is 3.59. The SMILES string of the molecule is CCCC(C)CC(NC)C1CCC(CC)CC1. The summed E-state index contributed by atoms with van der Waals surface area (Å²) < 4.78 is 0. The van der Waals surface area contributed by atoms with Crippen LogP contribution in [0.15, 0.2) is 0 Å². The quantitative estimate of drug-likeness (QED) is 0.683. The molecule has 0 saturated heterocycles. The standard InChI is InChI=1S/C16H33N/c1-5-7-13(3)12-16(17-4)15-10-8-14(6-2)9-11-15/h13-17H,5-12H2,1-4H3. The molecule has 0 aromatic heterocycles. The molecule has 1 fully saturated rings. The lowest BCUT2D eigenvalue weighted by Gasteiger charge is -2.34. The monoisotopic (exact) mass is 239 g/mol. The van der Waals surface area contributed by atoms with Gasteiger partial charge in [0.2, 0.25) is 0 Å². The Balaban J connectivity index is 2.35. The molecular weight excluding hydrogens is 206 g/mol. The number of rotatable bonds is 7. The lowest BCUT2D eigenvalue weighted by atomic mass is 9.75. The van der Waals surface area contributed by atoms with Gasteiger partial charge in [0.25, 0.3) is 0 Å². The van der Waals surface area contributed by atoms with E-state index < -0.39 is 0 Å². The van der Waals surface area contributed by atoms with Gasteiger partial charge in [-0.25, -0.2) is 0 Å². The van der Waals surface area contributed by atoms with E-state index in [1.165, 1.54) is 51.4 Å². The highest BCUT2D eigenvalue weighted by molar-refractivity contribution is 4.82. The van der Waals surface area contributed by atoms with Crippen molar-refractivity contribution in [2.45, 2.75) is 78.2 Å². The van der Waals surface area contributed by atoms with Gasteiger partial charge in [0.1, 0.15) is 0 Å². The maximum Gasteiger partial charge on any atom is 0.00948 e. The molecule has 0 aromatic carbocycles. The zero-order valence-electron chi connectivity index (χ0n) is 12.5. The van der Waals surface area contributed by atoms with Crippen LogP contribution in [0.1, 0.15) is 72.1 Å². The van der Waals surface area contributed by atoms with Gasteiger partial charge in [0, 0.05) is 6.04 Å². The van der Waals surface area contributed by atoms with E-state index in [0.717, 1.165) is 23.8 Å². The highest BCUT2D eigenvalue weighted by Crippen LogP contribution is 2.34. The predicted molar refractivity (Wildman–Crippen MR) is 77.3 cm³/mol. The summed E-state index contributed by atoms with van der Waals surface area (Å²) in [7, 11) is 2.16. The van der Waals surface area contributed by atoms with Crippen LogP contribution in [0.4, 0.5) is 0 Å². The van der Waals surface area contributed by atoms with Gasteiger partial charge in [0.15, 0.2) is 0 Å². The third-order valence-electron chi connectivity index (χ3n) is 4.85. The third kappa shape index (κ3) is 4.99. The molecule has 2 unspecified atom stereocenters. The first-order chi connectivity index (χ1) is 8.21. The molecule has 1 aliphatic rings. The van der Waals surface area contributed by atoms with Gasteiger partial charge < -0.3 is 5.32 Å². The summed E-state index contributed by atoms with van der Waals surface area (Å²) in [5.74, 6) is 2.86. The summed E-state index contributed by atoms with van der Waals surface area (Å²) in [6.45, 7) is 7.08. The Labute approximate surface area is 109 Å². The summed E-state index contributed by atoms with van der Waals surface area (Å²) in [5, 5.41) is 3.59. The molecule has 0 radical (unpaired) electrons. The lowest BCUT2D eigenvalue weighted by Crippen LogP contribution is -2.37. The fraction of sp³-hybridized carbons (Fsp3) is 1.00. The van der Waals surface area contributed by atoms with E-state index in [2.05, 4.69) is 33.1 Å². The average Bonchev–Trinajstić information content (AvgIpc) is 2.36. The molecule has 1 nitrogen and oxygen atoms in total. The van der Waals surface area contributed by atoms with Crippen molar-refractivity contribution in [3.8, 4) is 0 Å². The molecule has 1 heteroatoms. The van der Waals surface area contributed by atoms with Crippen molar-refractivity contribution in [2.75, 3.05) is 7.05 Å². The Morgan fingerprint density at radius 2 is 1.76 bits per heavy atom.